The highest BCUT2D eigenvalue weighted by Crippen LogP contribution is 2.28. The molecule has 120 valence electrons. The molecule has 0 aliphatic heterocycles. The molecule has 1 heterocycles. The number of para-hydroxylation sites is 1. The van der Waals surface area contributed by atoms with Gasteiger partial charge >= 0.3 is 0 Å². The summed E-state index contributed by atoms with van der Waals surface area (Å²) in [4.78, 5) is 0. The minimum Gasteiger partial charge on any atom is -0.497 e. The number of fused-ring (bicyclic) bond motifs is 1. The third kappa shape index (κ3) is 3.10. The number of benzene rings is 2. The molecule has 0 saturated heterocycles. The number of aromatic nitrogens is 1. The Balaban J connectivity index is 1.95. The summed E-state index contributed by atoms with van der Waals surface area (Å²) in [5.74, 6) is 1.18. The van der Waals surface area contributed by atoms with Crippen molar-refractivity contribution < 1.29 is 4.74 Å². The van der Waals surface area contributed by atoms with Crippen LogP contribution in [0.5, 0.6) is 5.75 Å². The van der Waals surface area contributed by atoms with Crippen molar-refractivity contribution in [2.24, 2.45) is 5.73 Å². The van der Waals surface area contributed by atoms with Gasteiger partial charge in [-0.1, -0.05) is 30.3 Å². The lowest BCUT2D eigenvalue weighted by atomic mass is 9.92. The van der Waals surface area contributed by atoms with Crippen LogP contribution in [0.2, 0.25) is 0 Å². The van der Waals surface area contributed by atoms with Crippen LogP contribution in [-0.2, 0) is 13.0 Å². The fraction of sp³-hybridized carbons (Fsp3) is 0.300. The molecule has 2 aromatic carbocycles. The Morgan fingerprint density at radius 1 is 1.13 bits per heavy atom. The molecule has 1 unspecified atom stereocenters. The summed E-state index contributed by atoms with van der Waals surface area (Å²) >= 11 is 0. The van der Waals surface area contributed by atoms with Crippen molar-refractivity contribution in [3.8, 4) is 5.75 Å². The van der Waals surface area contributed by atoms with E-state index in [0.29, 0.717) is 12.5 Å². The zero-order valence-corrected chi connectivity index (χ0v) is 13.8. The van der Waals surface area contributed by atoms with Crippen LogP contribution in [0.3, 0.4) is 0 Å². The number of nitrogens with two attached hydrogens (primary N) is 1. The second kappa shape index (κ2) is 6.88. The van der Waals surface area contributed by atoms with E-state index in [2.05, 4.69) is 54.1 Å². The first-order valence-electron chi connectivity index (χ1n) is 8.17. The van der Waals surface area contributed by atoms with Crippen LogP contribution in [0.1, 0.15) is 24.0 Å². The molecular formula is C20H24N2O. The van der Waals surface area contributed by atoms with Gasteiger partial charge in [-0.05, 0) is 49.2 Å². The van der Waals surface area contributed by atoms with Crippen molar-refractivity contribution >= 4 is 10.9 Å². The van der Waals surface area contributed by atoms with Gasteiger partial charge in [0.05, 0.1) is 7.11 Å². The zero-order valence-electron chi connectivity index (χ0n) is 13.8. The van der Waals surface area contributed by atoms with Gasteiger partial charge in [-0.15, -0.1) is 0 Å². The summed E-state index contributed by atoms with van der Waals surface area (Å²) in [5, 5.41) is 1.33. The summed E-state index contributed by atoms with van der Waals surface area (Å²) in [7, 11) is 1.70. The molecule has 23 heavy (non-hydrogen) atoms. The van der Waals surface area contributed by atoms with Gasteiger partial charge in [0.25, 0.3) is 0 Å². The Labute approximate surface area is 137 Å². The molecule has 0 amide bonds. The zero-order chi connectivity index (χ0) is 16.2. The number of methoxy groups -OCH3 is 1. The molecule has 0 bridgehead atoms. The molecule has 2 N–H and O–H groups in total. The van der Waals surface area contributed by atoms with E-state index < -0.39 is 0 Å². The van der Waals surface area contributed by atoms with Crippen LogP contribution >= 0.6 is 0 Å². The van der Waals surface area contributed by atoms with Crippen LogP contribution in [0.25, 0.3) is 10.9 Å². The normalized spacial score (nSPS) is 12.5. The highest BCUT2D eigenvalue weighted by molar-refractivity contribution is 5.84. The predicted octanol–water partition coefficient (Wildman–Crippen LogP) is 3.95. The second-order valence-electron chi connectivity index (χ2n) is 5.87. The number of hydrogen-bond acceptors (Lipinski definition) is 2. The van der Waals surface area contributed by atoms with Crippen molar-refractivity contribution in [2.75, 3.05) is 13.7 Å². The van der Waals surface area contributed by atoms with Gasteiger partial charge in [0, 0.05) is 29.6 Å². The van der Waals surface area contributed by atoms with Crippen LogP contribution in [0, 0.1) is 0 Å². The number of rotatable bonds is 6. The predicted molar refractivity (Wildman–Crippen MR) is 96.1 cm³/mol. The molecule has 0 saturated carbocycles. The lowest BCUT2D eigenvalue weighted by Gasteiger charge is -2.16. The lowest BCUT2D eigenvalue weighted by Crippen LogP contribution is -2.15. The van der Waals surface area contributed by atoms with E-state index in [1.807, 2.05) is 12.1 Å². The fourth-order valence-electron chi connectivity index (χ4n) is 3.25. The lowest BCUT2D eigenvalue weighted by molar-refractivity contribution is 0.413. The highest BCUT2D eigenvalue weighted by Gasteiger charge is 2.15. The minimum absolute atomic E-state index is 0.293. The molecule has 3 nitrogen and oxygen atoms in total. The summed E-state index contributed by atoms with van der Waals surface area (Å²) in [6.07, 6.45) is 3.21. The molecule has 0 aliphatic rings. The maximum Gasteiger partial charge on any atom is 0.119 e. The highest BCUT2D eigenvalue weighted by atomic mass is 16.5. The molecule has 0 fully saturated rings. The average Bonchev–Trinajstić information content (AvgIpc) is 2.97. The fourth-order valence-corrected chi connectivity index (χ4v) is 3.25. The minimum atomic E-state index is 0.293. The van der Waals surface area contributed by atoms with Crippen molar-refractivity contribution in [2.45, 2.75) is 25.8 Å². The average molecular weight is 308 g/mol. The van der Waals surface area contributed by atoms with Crippen molar-refractivity contribution in [1.82, 2.24) is 4.57 Å². The summed E-state index contributed by atoms with van der Waals surface area (Å²) in [6, 6.07) is 16.8. The molecule has 3 heteroatoms. The van der Waals surface area contributed by atoms with Crippen LogP contribution in [0.15, 0.2) is 54.7 Å². The third-order valence-corrected chi connectivity index (χ3v) is 4.53. The summed E-state index contributed by atoms with van der Waals surface area (Å²) in [6.45, 7) is 3.78. The Hall–Kier alpha value is -2.26. The van der Waals surface area contributed by atoms with Gasteiger partial charge in [0.2, 0.25) is 0 Å². The molecular weight excluding hydrogens is 284 g/mol. The van der Waals surface area contributed by atoms with E-state index in [1.165, 1.54) is 22.0 Å². The van der Waals surface area contributed by atoms with Gasteiger partial charge in [-0.3, -0.25) is 0 Å². The Morgan fingerprint density at radius 3 is 2.70 bits per heavy atom. The van der Waals surface area contributed by atoms with Gasteiger partial charge in [-0.2, -0.15) is 0 Å². The SMILES string of the molecule is CCn1cc(CC(CN)c2cccc(OC)c2)c2ccccc21. The largest absolute Gasteiger partial charge is 0.497 e. The molecule has 3 aromatic rings. The van der Waals surface area contributed by atoms with Gasteiger partial charge in [-0.25, -0.2) is 0 Å². The maximum absolute atomic E-state index is 6.08. The Bertz CT molecular complexity index is 791. The van der Waals surface area contributed by atoms with E-state index in [0.717, 1.165) is 18.7 Å². The molecule has 1 atom stereocenters. The van der Waals surface area contributed by atoms with Gasteiger partial charge in [0.15, 0.2) is 0 Å². The quantitative estimate of drug-likeness (QED) is 0.749. The summed E-state index contributed by atoms with van der Waals surface area (Å²) < 4.78 is 7.66. The first-order chi connectivity index (χ1) is 11.3. The van der Waals surface area contributed by atoms with E-state index >= 15 is 0 Å². The van der Waals surface area contributed by atoms with Gasteiger partial charge < -0.3 is 15.0 Å². The molecule has 1 aromatic heterocycles. The number of hydrogen-bond donors (Lipinski definition) is 1. The monoisotopic (exact) mass is 308 g/mol. The number of ether oxygens (including phenoxy) is 1. The third-order valence-electron chi connectivity index (χ3n) is 4.53. The van der Waals surface area contributed by atoms with Crippen molar-refractivity contribution in [1.29, 1.82) is 0 Å². The van der Waals surface area contributed by atoms with Crippen LogP contribution in [0.4, 0.5) is 0 Å². The van der Waals surface area contributed by atoms with Crippen molar-refractivity contribution in [3.05, 3.63) is 65.9 Å². The van der Waals surface area contributed by atoms with E-state index in [-0.39, 0.29) is 0 Å². The Kier molecular flexibility index (Phi) is 4.68. The molecule has 0 aliphatic carbocycles. The summed E-state index contributed by atoms with van der Waals surface area (Å²) in [5.41, 5.74) is 9.98. The smallest absolute Gasteiger partial charge is 0.119 e. The maximum atomic E-state index is 6.08. The standard InChI is InChI=1S/C20H24N2O/c1-3-22-14-17(19-9-4-5-10-20(19)22)11-16(13-21)15-7-6-8-18(12-15)23-2/h4-10,12,14,16H,3,11,13,21H2,1-2H3. The number of aryl methyl sites for hydroxylation is 1. The number of nitrogens with zero attached hydrogens (tertiary/aromatic N) is 1. The van der Waals surface area contributed by atoms with Crippen molar-refractivity contribution in [3.63, 3.8) is 0 Å². The van der Waals surface area contributed by atoms with E-state index in [9.17, 15) is 0 Å². The van der Waals surface area contributed by atoms with Gasteiger partial charge in [0.1, 0.15) is 5.75 Å². The van der Waals surface area contributed by atoms with E-state index in [4.69, 9.17) is 10.5 Å². The molecule has 0 radical (unpaired) electrons. The first-order valence-corrected chi connectivity index (χ1v) is 8.17. The second-order valence-corrected chi connectivity index (χ2v) is 5.87. The Morgan fingerprint density at radius 2 is 1.96 bits per heavy atom. The van der Waals surface area contributed by atoms with E-state index in [1.54, 1.807) is 7.11 Å². The molecule has 0 spiro atoms. The first kappa shape index (κ1) is 15.6. The molecule has 3 rings (SSSR count). The topological polar surface area (TPSA) is 40.2 Å². The van der Waals surface area contributed by atoms with Crippen LogP contribution in [-0.4, -0.2) is 18.2 Å². The van der Waals surface area contributed by atoms with Crippen LogP contribution < -0.4 is 10.5 Å².